The number of hydrogen-bond acceptors (Lipinski definition) is 5. The SMILES string of the molecule is CCc1cc2cn(-c3ccc([C@H](C)NCCCNC(N)=NCO)cc3)c(=O)nc2[nH]1. The standard InChI is InChI=1S/C21H29N7O2/c1-3-17-11-16-12-28(21(30)27-19(16)26-17)18-7-5-15(6-8-18)14(2)23-9-4-10-24-20(22)25-13-29/h5-8,11-12,14,23,29H,3-4,9-10,13H2,1-2H3,(H3,22,24,25)(H,26,27,30)/t14-/m0/s1. The van der Waals surface area contributed by atoms with E-state index in [0.29, 0.717) is 12.2 Å². The highest BCUT2D eigenvalue weighted by molar-refractivity contribution is 5.77. The molecule has 0 bridgehead atoms. The van der Waals surface area contributed by atoms with Crippen molar-refractivity contribution >= 4 is 17.0 Å². The normalized spacial score (nSPS) is 13.0. The van der Waals surface area contributed by atoms with Crippen LogP contribution < -0.4 is 22.1 Å². The second-order valence-corrected chi connectivity index (χ2v) is 7.08. The second-order valence-electron chi connectivity index (χ2n) is 7.08. The number of benzene rings is 1. The minimum absolute atomic E-state index is 0.164. The number of guanidine groups is 1. The van der Waals surface area contributed by atoms with Gasteiger partial charge in [-0.3, -0.25) is 4.57 Å². The van der Waals surface area contributed by atoms with E-state index in [1.165, 1.54) is 0 Å². The molecule has 0 unspecified atom stereocenters. The highest BCUT2D eigenvalue weighted by Gasteiger charge is 2.09. The van der Waals surface area contributed by atoms with E-state index in [2.05, 4.69) is 39.4 Å². The van der Waals surface area contributed by atoms with Gasteiger partial charge in [-0.15, -0.1) is 0 Å². The molecule has 1 atom stereocenters. The van der Waals surface area contributed by atoms with E-state index >= 15 is 0 Å². The van der Waals surface area contributed by atoms with E-state index < -0.39 is 0 Å². The molecule has 1 aromatic carbocycles. The van der Waals surface area contributed by atoms with E-state index in [-0.39, 0.29) is 24.4 Å². The summed E-state index contributed by atoms with van der Waals surface area (Å²) in [7, 11) is 0. The number of nitrogens with one attached hydrogen (secondary N) is 3. The first-order valence-corrected chi connectivity index (χ1v) is 10.1. The number of fused-ring (bicyclic) bond motifs is 1. The maximum atomic E-state index is 12.4. The summed E-state index contributed by atoms with van der Waals surface area (Å²) in [6.45, 7) is 5.31. The largest absolute Gasteiger partial charge is 0.374 e. The van der Waals surface area contributed by atoms with Crippen LogP contribution in [0.4, 0.5) is 0 Å². The van der Waals surface area contributed by atoms with Crippen molar-refractivity contribution in [3.05, 3.63) is 58.3 Å². The highest BCUT2D eigenvalue weighted by Crippen LogP contribution is 2.17. The molecule has 9 heteroatoms. The van der Waals surface area contributed by atoms with Gasteiger partial charge in [0.05, 0.1) is 5.69 Å². The number of rotatable bonds is 9. The number of hydrogen-bond donors (Lipinski definition) is 5. The Balaban J connectivity index is 1.60. The van der Waals surface area contributed by atoms with Crippen molar-refractivity contribution in [3.63, 3.8) is 0 Å². The maximum Gasteiger partial charge on any atom is 0.354 e. The van der Waals surface area contributed by atoms with Crippen molar-refractivity contribution in [2.24, 2.45) is 10.7 Å². The molecule has 9 nitrogen and oxygen atoms in total. The summed E-state index contributed by atoms with van der Waals surface area (Å²) in [4.78, 5) is 23.4. The van der Waals surface area contributed by atoms with Crippen LogP contribution in [-0.4, -0.2) is 45.4 Å². The Kier molecular flexibility index (Phi) is 7.21. The number of aliphatic hydroxyl groups is 1. The minimum atomic E-state index is -0.314. The van der Waals surface area contributed by atoms with Gasteiger partial charge in [-0.05, 0) is 50.1 Å². The maximum absolute atomic E-state index is 12.4. The molecule has 3 rings (SSSR count). The van der Waals surface area contributed by atoms with Gasteiger partial charge < -0.3 is 26.5 Å². The molecule has 0 amide bonds. The van der Waals surface area contributed by atoms with Crippen molar-refractivity contribution in [1.82, 2.24) is 25.2 Å². The molecule has 2 heterocycles. The summed E-state index contributed by atoms with van der Waals surface area (Å²) in [5.74, 6) is 0.245. The molecule has 0 aliphatic rings. The third kappa shape index (κ3) is 5.25. The monoisotopic (exact) mass is 411 g/mol. The molecule has 30 heavy (non-hydrogen) atoms. The van der Waals surface area contributed by atoms with E-state index in [9.17, 15) is 4.79 Å². The Morgan fingerprint density at radius 2 is 2.10 bits per heavy atom. The fourth-order valence-electron chi connectivity index (χ4n) is 3.22. The lowest BCUT2D eigenvalue weighted by molar-refractivity contribution is 0.308. The number of nitrogens with two attached hydrogens (primary N) is 1. The van der Waals surface area contributed by atoms with Crippen LogP contribution in [0.2, 0.25) is 0 Å². The fourth-order valence-corrected chi connectivity index (χ4v) is 3.22. The number of aliphatic imine (C=N–C) groups is 1. The Morgan fingerprint density at radius 3 is 2.80 bits per heavy atom. The van der Waals surface area contributed by atoms with Gasteiger partial charge in [0.1, 0.15) is 12.4 Å². The van der Waals surface area contributed by atoms with Gasteiger partial charge in [0.25, 0.3) is 0 Å². The van der Waals surface area contributed by atoms with Crippen LogP contribution in [0, 0.1) is 0 Å². The summed E-state index contributed by atoms with van der Waals surface area (Å²) < 4.78 is 1.57. The first kappa shape index (κ1) is 21.5. The van der Waals surface area contributed by atoms with Crippen LogP contribution in [0.15, 0.2) is 46.3 Å². The number of H-pyrrole nitrogens is 1. The molecular formula is C21H29N7O2. The number of aryl methyl sites for hydroxylation is 1. The highest BCUT2D eigenvalue weighted by atomic mass is 16.3. The van der Waals surface area contributed by atoms with Gasteiger partial charge >= 0.3 is 5.69 Å². The Morgan fingerprint density at radius 1 is 1.33 bits per heavy atom. The Hall–Kier alpha value is -3.17. The molecule has 160 valence electrons. The predicted octanol–water partition coefficient (Wildman–Crippen LogP) is 1.17. The van der Waals surface area contributed by atoms with E-state index in [1.54, 1.807) is 4.57 Å². The lowest BCUT2D eigenvalue weighted by atomic mass is 10.1. The van der Waals surface area contributed by atoms with Gasteiger partial charge in [0, 0.05) is 29.9 Å². The first-order chi connectivity index (χ1) is 14.5. The summed E-state index contributed by atoms with van der Waals surface area (Å²) in [6, 6.07) is 10.1. The molecule has 0 radical (unpaired) electrons. The molecule has 2 aromatic heterocycles. The molecule has 0 fully saturated rings. The third-order valence-electron chi connectivity index (χ3n) is 4.97. The van der Waals surface area contributed by atoms with Crippen LogP contribution in [0.25, 0.3) is 16.7 Å². The van der Waals surface area contributed by atoms with Crippen LogP contribution in [0.5, 0.6) is 0 Å². The number of aromatic amines is 1. The summed E-state index contributed by atoms with van der Waals surface area (Å²) in [6.07, 6.45) is 3.56. The average Bonchev–Trinajstić information content (AvgIpc) is 3.15. The summed E-state index contributed by atoms with van der Waals surface area (Å²) >= 11 is 0. The molecule has 3 aromatic rings. The minimum Gasteiger partial charge on any atom is -0.374 e. The van der Waals surface area contributed by atoms with Gasteiger partial charge in [0.15, 0.2) is 5.96 Å². The quantitative estimate of drug-likeness (QED) is 0.204. The van der Waals surface area contributed by atoms with Gasteiger partial charge in [0.2, 0.25) is 0 Å². The van der Waals surface area contributed by atoms with Crippen molar-refractivity contribution < 1.29 is 5.11 Å². The number of nitrogens with zero attached hydrogens (tertiary/aromatic N) is 3. The summed E-state index contributed by atoms with van der Waals surface area (Å²) in [5.41, 5.74) is 8.85. The Bertz CT molecular complexity index is 1050. The first-order valence-electron chi connectivity index (χ1n) is 10.1. The second kappa shape index (κ2) is 10.0. The van der Waals surface area contributed by atoms with E-state index in [1.807, 2.05) is 36.5 Å². The van der Waals surface area contributed by atoms with E-state index in [4.69, 9.17) is 10.8 Å². The topological polar surface area (TPSA) is 133 Å². The van der Waals surface area contributed by atoms with Crippen LogP contribution in [0.3, 0.4) is 0 Å². The zero-order valence-electron chi connectivity index (χ0n) is 17.4. The van der Waals surface area contributed by atoms with Crippen LogP contribution >= 0.6 is 0 Å². The fraction of sp³-hybridized carbons (Fsp3) is 0.381. The van der Waals surface area contributed by atoms with Crippen molar-refractivity contribution in [1.29, 1.82) is 0 Å². The lowest BCUT2D eigenvalue weighted by Gasteiger charge is -2.15. The van der Waals surface area contributed by atoms with Crippen LogP contribution in [-0.2, 0) is 6.42 Å². The van der Waals surface area contributed by atoms with Crippen molar-refractivity contribution in [2.45, 2.75) is 32.7 Å². The number of aromatic nitrogens is 3. The molecule has 6 N–H and O–H groups in total. The third-order valence-corrected chi connectivity index (χ3v) is 4.97. The summed E-state index contributed by atoms with van der Waals surface area (Å²) in [5, 5.41) is 16.0. The molecule has 0 aliphatic heterocycles. The molecule has 0 spiro atoms. The smallest absolute Gasteiger partial charge is 0.354 e. The zero-order valence-corrected chi connectivity index (χ0v) is 17.4. The van der Waals surface area contributed by atoms with Crippen molar-refractivity contribution in [2.75, 3.05) is 19.8 Å². The van der Waals surface area contributed by atoms with Gasteiger partial charge in [-0.2, -0.15) is 4.98 Å². The van der Waals surface area contributed by atoms with Gasteiger partial charge in [-0.1, -0.05) is 19.1 Å². The molecule has 0 saturated heterocycles. The average molecular weight is 412 g/mol. The lowest BCUT2D eigenvalue weighted by Crippen LogP contribution is -2.34. The Labute approximate surface area is 175 Å². The predicted molar refractivity (Wildman–Crippen MR) is 119 cm³/mol. The number of aliphatic hydroxyl groups excluding tert-OH is 1. The van der Waals surface area contributed by atoms with Crippen molar-refractivity contribution in [3.8, 4) is 5.69 Å². The van der Waals surface area contributed by atoms with Gasteiger partial charge in [-0.25, -0.2) is 9.79 Å². The molecule has 0 saturated carbocycles. The molecular weight excluding hydrogens is 382 g/mol. The molecule has 0 aliphatic carbocycles. The zero-order chi connectivity index (χ0) is 21.5. The van der Waals surface area contributed by atoms with Crippen LogP contribution in [0.1, 0.15) is 37.6 Å². The van der Waals surface area contributed by atoms with E-state index in [0.717, 1.165) is 41.7 Å².